The predicted molar refractivity (Wildman–Crippen MR) is 98.7 cm³/mol. The molecule has 1 amide bonds. The lowest BCUT2D eigenvalue weighted by Gasteiger charge is -2.32. The maximum absolute atomic E-state index is 12.2. The van der Waals surface area contributed by atoms with E-state index >= 15 is 0 Å². The second-order valence-corrected chi connectivity index (χ2v) is 6.65. The van der Waals surface area contributed by atoms with Crippen LogP contribution in [0.15, 0.2) is 42.7 Å². The van der Waals surface area contributed by atoms with Crippen LogP contribution >= 0.6 is 0 Å². The number of hydrogen-bond acceptors (Lipinski definition) is 4. The Hall–Kier alpha value is -2.18. The van der Waals surface area contributed by atoms with Crippen molar-refractivity contribution in [3.05, 3.63) is 53.9 Å². The monoisotopic (exact) mass is 341 g/mol. The molecule has 2 aromatic rings. The van der Waals surface area contributed by atoms with Gasteiger partial charge in [0.05, 0.1) is 6.54 Å². The molecule has 6 heteroatoms. The number of amides is 1. The molecule has 0 saturated carbocycles. The molecule has 134 valence electrons. The molecule has 1 aromatic heterocycles. The van der Waals surface area contributed by atoms with Crippen LogP contribution in [0.3, 0.4) is 0 Å². The highest BCUT2D eigenvalue weighted by molar-refractivity contribution is 5.94. The number of aromatic nitrogens is 2. The summed E-state index contributed by atoms with van der Waals surface area (Å²) in [5, 5.41) is 7.21. The molecule has 3 rings (SSSR count). The fourth-order valence-electron chi connectivity index (χ4n) is 3.02. The van der Waals surface area contributed by atoms with E-state index in [1.54, 1.807) is 6.20 Å². The van der Waals surface area contributed by atoms with E-state index < -0.39 is 0 Å². The van der Waals surface area contributed by atoms with E-state index in [4.69, 9.17) is 0 Å². The number of piperazine rings is 1. The zero-order valence-electron chi connectivity index (χ0n) is 14.9. The van der Waals surface area contributed by atoms with Crippen molar-refractivity contribution in [1.82, 2.24) is 24.9 Å². The molecule has 1 aliphatic rings. The molecule has 0 aliphatic carbocycles. The van der Waals surface area contributed by atoms with Gasteiger partial charge in [-0.05, 0) is 43.8 Å². The van der Waals surface area contributed by atoms with Crippen molar-refractivity contribution in [3.8, 4) is 0 Å². The third-order valence-electron chi connectivity index (χ3n) is 4.65. The first-order valence-corrected chi connectivity index (χ1v) is 8.96. The SMILES string of the molecule is CN1CCN(CCCNC(=O)c2ccc(Cn3cccn3)cc2)CC1. The Kier molecular flexibility index (Phi) is 6.19. The fraction of sp³-hybridized carbons (Fsp3) is 0.474. The lowest BCUT2D eigenvalue weighted by atomic mass is 10.1. The fourth-order valence-corrected chi connectivity index (χ4v) is 3.02. The van der Waals surface area contributed by atoms with Gasteiger partial charge in [0.15, 0.2) is 0 Å². The van der Waals surface area contributed by atoms with Crippen molar-refractivity contribution in [2.45, 2.75) is 13.0 Å². The van der Waals surface area contributed by atoms with Gasteiger partial charge in [-0.3, -0.25) is 9.48 Å². The number of benzene rings is 1. The summed E-state index contributed by atoms with van der Waals surface area (Å²) in [5.74, 6) is 0.00372. The number of likely N-dealkylation sites (N-methyl/N-ethyl adjacent to an activating group) is 1. The van der Waals surface area contributed by atoms with Crippen molar-refractivity contribution in [1.29, 1.82) is 0 Å². The van der Waals surface area contributed by atoms with Crippen LogP contribution in [-0.2, 0) is 6.54 Å². The highest BCUT2D eigenvalue weighted by Crippen LogP contribution is 2.06. The van der Waals surface area contributed by atoms with E-state index in [1.165, 1.54) is 0 Å². The summed E-state index contributed by atoms with van der Waals surface area (Å²) in [6, 6.07) is 9.65. The Morgan fingerprint density at radius 1 is 1.16 bits per heavy atom. The molecule has 1 aliphatic heterocycles. The van der Waals surface area contributed by atoms with Crippen LogP contribution in [0.1, 0.15) is 22.3 Å². The molecular formula is C19H27N5O. The van der Waals surface area contributed by atoms with Gasteiger partial charge in [0.2, 0.25) is 0 Å². The van der Waals surface area contributed by atoms with Gasteiger partial charge >= 0.3 is 0 Å². The summed E-state index contributed by atoms with van der Waals surface area (Å²) < 4.78 is 1.87. The van der Waals surface area contributed by atoms with Crippen LogP contribution in [0.25, 0.3) is 0 Å². The summed E-state index contributed by atoms with van der Waals surface area (Å²) >= 11 is 0. The third kappa shape index (κ3) is 5.41. The predicted octanol–water partition coefficient (Wildman–Crippen LogP) is 1.30. The summed E-state index contributed by atoms with van der Waals surface area (Å²) in [6.07, 6.45) is 4.69. The lowest BCUT2D eigenvalue weighted by molar-refractivity contribution is 0.0949. The Morgan fingerprint density at radius 3 is 2.60 bits per heavy atom. The van der Waals surface area contributed by atoms with Gasteiger partial charge < -0.3 is 15.1 Å². The van der Waals surface area contributed by atoms with E-state index in [1.807, 2.05) is 41.2 Å². The lowest BCUT2D eigenvalue weighted by Crippen LogP contribution is -2.45. The Labute approximate surface area is 149 Å². The quantitative estimate of drug-likeness (QED) is 0.772. The van der Waals surface area contributed by atoms with Crippen molar-refractivity contribution >= 4 is 5.91 Å². The van der Waals surface area contributed by atoms with E-state index in [0.29, 0.717) is 5.56 Å². The Balaban J connectivity index is 1.37. The summed E-state index contributed by atoms with van der Waals surface area (Å²) in [5.41, 5.74) is 1.85. The Morgan fingerprint density at radius 2 is 1.92 bits per heavy atom. The van der Waals surface area contributed by atoms with Gasteiger partial charge in [-0.1, -0.05) is 12.1 Å². The standard InChI is InChI=1S/C19H27N5O/c1-22-12-14-23(15-13-22)10-2-8-20-19(25)18-6-4-17(5-7-18)16-24-11-3-9-21-24/h3-7,9,11H,2,8,10,12-16H2,1H3,(H,20,25). The van der Waals surface area contributed by atoms with Crippen LogP contribution in [0.5, 0.6) is 0 Å². The first-order valence-electron chi connectivity index (χ1n) is 8.96. The van der Waals surface area contributed by atoms with Gasteiger partial charge in [0, 0.05) is 50.7 Å². The van der Waals surface area contributed by atoms with Crippen molar-refractivity contribution in [3.63, 3.8) is 0 Å². The third-order valence-corrected chi connectivity index (χ3v) is 4.65. The number of rotatable bonds is 7. The second kappa shape index (κ2) is 8.78. The summed E-state index contributed by atoms with van der Waals surface area (Å²) in [4.78, 5) is 17.0. The van der Waals surface area contributed by atoms with E-state index in [2.05, 4.69) is 27.3 Å². The molecule has 1 aromatic carbocycles. The van der Waals surface area contributed by atoms with Crippen LogP contribution in [0, 0.1) is 0 Å². The van der Waals surface area contributed by atoms with Crippen molar-refractivity contribution < 1.29 is 4.79 Å². The van der Waals surface area contributed by atoms with E-state index in [-0.39, 0.29) is 5.91 Å². The average Bonchev–Trinajstić information content (AvgIpc) is 3.14. The molecular weight excluding hydrogens is 314 g/mol. The molecule has 1 N–H and O–H groups in total. The van der Waals surface area contributed by atoms with Crippen molar-refractivity contribution in [2.75, 3.05) is 46.3 Å². The molecule has 0 bridgehead atoms. The molecule has 25 heavy (non-hydrogen) atoms. The molecule has 1 fully saturated rings. The van der Waals surface area contributed by atoms with E-state index in [0.717, 1.165) is 57.8 Å². The summed E-state index contributed by atoms with van der Waals surface area (Å²) in [6.45, 7) is 7.02. The van der Waals surface area contributed by atoms with Crippen LogP contribution in [0.2, 0.25) is 0 Å². The maximum atomic E-state index is 12.2. The molecule has 0 unspecified atom stereocenters. The number of nitrogens with one attached hydrogen (secondary N) is 1. The summed E-state index contributed by atoms with van der Waals surface area (Å²) in [7, 11) is 2.16. The normalized spacial score (nSPS) is 16.0. The first kappa shape index (κ1) is 17.6. The van der Waals surface area contributed by atoms with Gasteiger partial charge in [0.25, 0.3) is 5.91 Å². The molecule has 0 radical (unpaired) electrons. The van der Waals surface area contributed by atoms with Crippen molar-refractivity contribution in [2.24, 2.45) is 0 Å². The van der Waals surface area contributed by atoms with Gasteiger partial charge in [-0.2, -0.15) is 5.10 Å². The van der Waals surface area contributed by atoms with Crippen LogP contribution in [0.4, 0.5) is 0 Å². The molecule has 6 nitrogen and oxygen atoms in total. The smallest absolute Gasteiger partial charge is 0.251 e. The minimum Gasteiger partial charge on any atom is -0.352 e. The van der Waals surface area contributed by atoms with Gasteiger partial charge in [-0.15, -0.1) is 0 Å². The van der Waals surface area contributed by atoms with E-state index in [9.17, 15) is 4.79 Å². The average molecular weight is 341 g/mol. The topological polar surface area (TPSA) is 53.4 Å². The van der Waals surface area contributed by atoms with Gasteiger partial charge in [-0.25, -0.2) is 0 Å². The molecule has 2 heterocycles. The van der Waals surface area contributed by atoms with Gasteiger partial charge in [0.1, 0.15) is 0 Å². The number of carbonyl (C=O) groups excluding carboxylic acids is 1. The minimum atomic E-state index is 0.00372. The van der Waals surface area contributed by atoms with Crippen LogP contribution < -0.4 is 5.32 Å². The second-order valence-electron chi connectivity index (χ2n) is 6.65. The first-order chi connectivity index (χ1) is 12.2. The maximum Gasteiger partial charge on any atom is 0.251 e. The molecule has 0 atom stereocenters. The van der Waals surface area contributed by atoms with Crippen LogP contribution in [-0.4, -0.2) is 71.8 Å². The zero-order valence-corrected chi connectivity index (χ0v) is 14.9. The molecule has 0 spiro atoms. The number of hydrogen-bond donors (Lipinski definition) is 1. The highest BCUT2D eigenvalue weighted by Gasteiger charge is 2.13. The highest BCUT2D eigenvalue weighted by atomic mass is 16.1. The Bertz CT molecular complexity index is 645. The minimum absolute atomic E-state index is 0.00372. The number of nitrogens with zero attached hydrogens (tertiary/aromatic N) is 4. The number of carbonyl (C=O) groups is 1. The zero-order chi connectivity index (χ0) is 17.5. The largest absolute Gasteiger partial charge is 0.352 e. The molecule has 1 saturated heterocycles.